The van der Waals surface area contributed by atoms with Crippen LogP contribution in [0, 0.1) is 0 Å². The van der Waals surface area contributed by atoms with Crippen molar-refractivity contribution < 1.29 is 4.52 Å². The SMILES string of the molecule is O=c1[nH]c(C2CCNCC2)no1. The van der Waals surface area contributed by atoms with Crippen LogP contribution in [0.2, 0.25) is 0 Å². The third kappa shape index (κ3) is 1.40. The van der Waals surface area contributed by atoms with E-state index >= 15 is 0 Å². The normalized spacial score (nSPS) is 19.7. The van der Waals surface area contributed by atoms with Gasteiger partial charge in [-0.1, -0.05) is 5.16 Å². The number of H-pyrrole nitrogens is 1. The van der Waals surface area contributed by atoms with Gasteiger partial charge in [-0.2, -0.15) is 0 Å². The molecule has 2 N–H and O–H groups in total. The fourth-order valence-corrected chi connectivity index (χ4v) is 1.51. The van der Waals surface area contributed by atoms with E-state index in [1.165, 1.54) is 0 Å². The van der Waals surface area contributed by atoms with E-state index in [2.05, 4.69) is 20.0 Å². The molecule has 2 heterocycles. The van der Waals surface area contributed by atoms with Crippen LogP contribution in [0.3, 0.4) is 0 Å². The second-order valence-electron chi connectivity index (χ2n) is 3.00. The summed E-state index contributed by atoms with van der Waals surface area (Å²) in [5, 5.41) is 6.91. The minimum atomic E-state index is -0.455. The second-order valence-corrected chi connectivity index (χ2v) is 3.00. The Balaban J connectivity index is 2.13. The molecule has 1 aliphatic heterocycles. The monoisotopic (exact) mass is 169 g/mol. The average molecular weight is 169 g/mol. The zero-order valence-electron chi connectivity index (χ0n) is 6.67. The Morgan fingerprint density at radius 2 is 2.17 bits per heavy atom. The minimum absolute atomic E-state index is 0.359. The molecule has 1 saturated heterocycles. The lowest BCUT2D eigenvalue weighted by atomic mass is 9.98. The van der Waals surface area contributed by atoms with Crippen LogP contribution in [0.5, 0.6) is 0 Å². The Morgan fingerprint density at radius 1 is 1.42 bits per heavy atom. The average Bonchev–Trinajstić information content (AvgIpc) is 2.54. The lowest BCUT2D eigenvalue weighted by Gasteiger charge is -2.19. The molecular weight excluding hydrogens is 158 g/mol. The van der Waals surface area contributed by atoms with Crippen molar-refractivity contribution in [1.82, 2.24) is 15.5 Å². The minimum Gasteiger partial charge on any atom is -0.317 e. The Bertz CT molecular complexity index is 298. The largest absolute Gasteiger partial charge is 0.438 e. The van der Waals surface area contributed by atoms with Gasteiger partial charge in [0.05, 0.1) is 0 Å². The van der Waals surface area contributed by atoms with E-state index in [0.717, 1.165) is 25.9 Å². The lowest BCUT2D eigenvalue weighted by Crippen LogP contribution is -2.27. The fourth-order valence-electron chi connectivity index (χ4n) is 1.51. The van der Waals surface area contributed by atoms with Crippen molar-refractivity contribution in [3.05, 3.63) is 16.4 Å². The molecular formula is C7H11N3O2. The van der Waals surface area contributed by atoms with Crippen LogP contribution >= 0.6 is 0 Å². The van der Waals surface area contributed by atoms with Crippen LogP contribution in [0.25, 0.3) is 0 Å². The van der Waals surface area contributed by atoms with E-state index in [-0.39, 0.29) is 0 Å². The molecule has 66 valence electrons. The number of hydrogen-bond donors (Lipinski definition) is 2. The van der Waals surface area contributed by atoms with Gasteiger partial charge in [-0.25, -0.2) is 4.79 Å². The molecule has 0 spiro atoms. The summed E-state index contributed by atoms with van der Waals surface area (Å²) >= 11 is 0. The molecule has 5 heteroatoms. The summed E-state index contributed by atoms with van der Waals surface area (Å²) < 4.78 is 4.44. The second kappa shape index (κ2) is 3.10. The summed E-state index contributed by atoms with van der Waals surface area (Å²) in [6.45, 7) is 1.97. The van der Waals surface area contributed by atoms with Gasteiger partial charge >= 0.3 is 5.76 Å². The van der Waals surface area contributed by atoms with E-state index in [1.807, 2.05) is 0 Å². The van der Waals surface area contributed by atoms with Crippen molar-refractivity contribution in [2.24, 2.45) is 0 Å². The molecule has 0 atom stereocenters. The Morgan fingerprint density at radius 3 is 2.75 bits per heavy atom. The maximum absolute atomic E-state index is 10.6. The topological polar surface area (TPSA) is 70.9 Å². The molecule has 1 aromatic heterocycles. The maximum atomic E-state index is 10.6. The highest BCUT2D eigenvalue weighted by atomic mass is 16.5. The molecule has 12 heavy (non-hydrogen) atoms. The number of piperidine rings is 1. The molecule has 0 bridgehead atoms. The van der Waals surface area contributed by atoms with Crippen LogP contribution in [-0.2, 0) is 0 Å². The standard InChI is InChI=1S/C7H11N3O2/c11-7-9-6(10-12-7)5-1-3-8-4-2-5/h5,8H,1-4H2,(H,9,10,11). The van der Waals surface area contributed by atoms with E-state index in [9.17, 15) is 4.79 Å². The molecule has 0 amide bonds. The fraction of sp³-hybridized carbons (Fsp3) is 0.714. The van der Waals surface area contributed by atoms with Gasteiger partial charge in [0.1, 0.15) is 0 Å². The highest BCUT2D eigenvalue weighted by Crippen LogP contribution is 2.20. The van der Waals surface area contributed by atoms with Crippen molar-refractivity contribution in [2.75, 3.05) is 13.1 Å². The van der Waals surface area contributed by atoms with Gasteiger partial charge in [0.25, 0.3) is 0 Å². The number of hydrogen-bond acceptors (Lipinski definition) is 4. The third-order valence-electron chi connectivity index (χ3n) is 2.18. The van der Waals surface area contributed by atoms with Gasteiger partial charge in [0.2, 0.25) is 0 Å². The quantitative estimate of drug-likeness (QED) is 0.612. The van der Waals surface area contributed by atoms with E-state index < -0.39 is 5.76 Å². The number of aromatic amines is 1. The molecule has 0 unspecified atom stereocenters. The molecule has 0 aromatic carbocycles. The first kappa shape index (κ1) is 7.54. The van der Waals surface area contributed by atoms with Gasteiger partial charge in [-0.15, -0.1) is 0 Å². The zero-order chi connectivity index (χ0) is 8.39. The Labute approximate surface area is 69.1 Å². The van der Waals surface area contributed by atoms with Crippen LogP contribution < -0.4 is 11.1 Å². The van der Waals surface area contributed by atoms with Crippen molar-refractivity contribution in [2.45, 2.75) is 18.8 Å². The Kier molecular flexibility index (Phi) is 1.95. The smallest absolute Gasteiger partial charge is 0.317 e. The van der Waals surface area contributed by atoms with Gasteiger partial charge in [-0.3, -0.25) is 9.51 Å². The van der Waals surface area contributed by atoms with Gasteiger partial charge < -0.3 is 5.32 Å². The first-order valence-electron chi connectivity index (χ1n) is 4.13. The van der Waals surface area contributed by atoms with Crippen LogP contribution in [0.1, 0.15) is 24.6 Å². The van der Waals surface area contributed by atoms with Crippen LogP contribution in [0.4, 0.5) is 0 Å². The predicted molar refractivity (Wildman–Crippen MR) is 42.0 cm³/mol. The van der Waals surface area contributed by atoms with E-state index in [0.29, 0.717) is 11.7 Å². The summed E-state index contributed by atoms with van der Waals surface area (Å²) in [7, 11) is 0. The first-order valence-corrected chi connectivity index (χ1v) is 4.13. The van der Waals surface area contributed by atoms with Gasteiger partial charge in [0, 0.05) is 5.92 Å². The predicted octanol–water partition coefficient (Wildman–Crippen LogP) is -0.170. The maximum Gasteiger partial charge on any atom is 0.438 e. The summed E-state index contributed by atoms with van der Waals surface area (Å²) in [5.74, 6) is 0.600. The van der Waals surface area contributed by atoms with Crippen molar-refractivity contribution >= 4 is 0 Å². The Hall–Kier alpha value is -1.10. The molecule has 1 aliphatic rings. The molecule has 1 aromatic rings. The van der Waals surface area contributed by atoms with E-state index in [1.54, 1.807) is 0 Å². The van der Waals surface area contributed by atoms with Crippen molar-refractivity contribution in [1.29, 1.82) is 0 Å². The highest BCUT2D eigenvalue weighted by Gasteiger charge is 2.18. The van der Waals surface area contributed by atoms with E-state index in [4.69, 9.17) is 0 Å². The van der Waals surface area contributed by atoms with Gasteiger partial charge in [-0.05, 0) is 25.9 Å². The lowest BCUT2D eigenvalue weighted by molar-refractivity contribution is 0.366. The number of rotatable bonds is 1. The highest BCUT2D eigenvalue weighted by molar-refractivity contribution is 4.94. The van der Waals surface area contributed by atoms with Crippen molar-refractivity contribution in [3.63, 3.8) is 0 Å². The molecule has 0 radical (unpaired) electrons. The van der Waals surface area contributed by atoms with Crippen LogP contribution in [0.15, 0.2) is 9.32 Å². The first-order chi connectivity index (χ1) is 5.86. The molecule has 0 aliphatic carbocycles. The molecule has 1 fully saturated rings. The van der Waals surface area contributed by atoms with Crippen LogP contribution in [-0.4, -0.2) is 23.2 Å². The molecule has 2 rings (SSSR count). The number of nitrogens with zero attached hydrogens (tertiary/aromatic N) is 1. The summed E-state index contributed by atoms with van der Waals surface area (Å²) in [6.07, 6.45) is 2.03. The number of aromatic nitrogens is 2. The number of nitrogens with one attached hydrogen (secondary N) is 2. The summed E-state index contributed by atoms with van der Waals surface area (Å²) in [4.78, 5) is 13.2. The third-order valence-corrected chi connectivity index (χ3v) is 2.18. The van der Waals surface area contributed by atoms with Crippen molar-refractivity contribution in [3.8, 4) is 0 Å². The summed E-state index contributed by atoms with van der Waals surface area (Å²) in [5.41, 5.74) is 0. The molecule has 0 saturated carbocycles. The van der Waals surface area contributed by atoms with Gasteiger partial charge in [0.15, 0.2) is 5.82 Å². The summed E-state index contributed by atoms with van der Waals surface area (Å²) in [6, 6.07) is 0. The molecule has 5 nitrogen and oxygen atoms in total. The zero-order valence-corrected chi connectivity index (χ0v) is 6.67.